The number of likely N-dealkylation sites (tertiary alicyclic amines) is 1. The molecule has 0 amide bonds. The molecule has 4 rings (SSSR count). The molecule has 1 unspecified atom stereocenters. The highest BCUT2D eigenvalue weighted by molar-refractivity contribution is 6.74. The van der Waals surface area contributed by atoms with Gasteiger partial charge in [-0.15, -0.1) is 0 Å². The average Bonchev–Trinajstić information content (AvgIpc) is 3.06. The first-order chi connectivity index (χ1) is 17.2. The molecule has 1 spiro atoms. The fourth-order valence-electron chi connectivity index (χ4n) is 5.51. The van der Waals surface area contributed by atoms with Gasteiger partial charge in [0.2, 0.25) is 8.32 Å². The highest BCUT2D eigenvalue weighted by Gasteiger charge is 2.44. The van der Waals surface area contributed by atoms with Gasteiger partial charge in [-0.05, 0) is 98.0 Å². The van der Waals surface area contributed by atoms with Crippen molar-refractivity contribution in [3.63, 3.8) is 0 Å². The van der Waals surface area contributed by atoms with Gasteiger partial charge in [-0.25, -0.2) is 8.78 Å². The van der Waals surface area contributed by atoms with E-state index >= 15 is 0 Å². The van der Waals surface area contributed by atoms with Crippen LogP contribution in [0.1, 0.15) is 44.7 Å². The van der Waals surface area contributed by atoms with Crippen LogP contribution in [0, 0.1) is 17.6 Å². The van der Waals surface area contributed by atoms with Gasteiger partial charge in [-0.1, -0.05) is 20.8 Å². The molecule has 0 aliphatic carbocycles. The Morgan fingerprint density at radius 1 is 1.14 bits per heavy atom. The Bertz CT molecular complexity index is 1160. The predicted octanol–water partition coefficient (Wildman–Crippen LogP) is 6.08. The third-order valence-electron chi connectivity index (χ3n) is 8.78. The van der Waals surface area contributed by atoms with Gasteiger partial charge in [0, 0.05) is 31.2 Å². The summed E-state index contributed by atoms with van der Waals surface area (Å²) >= 11 is 0. The minimum Gasteiger partial charge on any atom is -0.543 e. The van der Waals surface area contributed by atoms with Gasteiger partial charge in [-0.3, -0.25) is 4.79 Å². The summed E-state index contributed by atoms with van der Waals surface area (Å²) in [5.41, 5.74) is 2.40. The lowest BCUT2D eigenvalue weighted by molar-refractivity contribution is -0.142. The van der Waals surface area contributed by atoms with Gasteiger partial charge >= 0.3 is 5.97 Å². The molecule has 202 valence electrons. The number of fused-ring (bicyclic) bond motifs is 2. The van der Waals surface area contributed by atoms with Crippen molar-refractivity contribution in [1.82, 2.24) is 4.90 Å². The second-order valence-electron chi connectivity index (χ2n) is 12.5. The molecule has 0 radical (unpaired) electrons. The molecule has 8 heteroatoms. The highest BCUT2D eigenvalue weighted by atomic mass is 28.4. The van der Waals surface area contributed by atoms with E-state index in [4.69, 9.17) is 4.43 Å². The molecule has 0 bridgehead atoms. The standard InChI is InChI=1S/C29H40F2N2O3Si/c1-28(2,3)37(5,6)36-23-8-9-25(31)20(16-23)15-21(27(34)35)18-33-13-11-29(12-14-33)19-32(4)26-10-7-22(30)17-24(26)29/h7-10,16-17,21H,11-15,18-19H2,1-6H3,(H,34,35). The molecule has 5 nitrogen and oxygen atoms in total. The summed E-state index contributed by atoms with van der Waals surface area (Å²) in [7, 11) is -0.0690. The number of aliphatic carboxylic acids is 1. The molecular formula is C29H40F2N2O3Si. The molecule has 1 N–H and O–H groups in total. The van der Waals surface area contributed by atoms with Crippen LogP contribution < -0.4 is 9.33 Å². The van der Waals surface area contributed by atoms with E-state index in [1.54, 1.807) is 18.2 Å². The molecule has 0 aromatic heterocycles. The van der Waals surface area contributed by atoms with Crippen molar-refractivity contribution in [2.24, 2.45) is 5.92 Å². The number of likely N-dealkylation sites (N-methyl/N-ethyl adjacent to an activating group) is 1. The summed E-state index contributed by atoms with van der Waals surface area (Å²) in [6.45, 7) is 13.3. The lowest BCUT2D eigenvalue weighted by atomic mass is 9.74. The van der Waals surface area contributed by atoms with Crippen LogP contribution in [0.15, 0.2) is 36.4 Å². The van der Waals surface area contributed by atoms with E-state index in [1.807, 2.05) is 13.1 Å². The molecule has 1 saturated heterocycles. The maximum Gasteiger partial charge on any atom is 0.308 e. The minimum absolute atomic E-state index is 0.00280. The first-order valence-corrected chi connectivity index (χ1v) is 16.1. The number of nitrogens with zero attached hydrogens (tertiary/aromatic N) is 2. The number of benzene rings is 2. The quantitative estimate of drug-likeness (QED) is 0.440. The number of carboxylic acids is 1. The number of piperidine rings is 1. The molecule has 2 aromatic rings. The van der Waals surface area contributed by atoms with Crippen molar-refractivity contribution in [2.75, 3.05) is 38.1 Å². The number of anilines is 1. The fourth-order valence-corrected chi connectivity index (χ4v) is 6.53. The molecule has 0 saturated carbocycles. The third-order valence-corrected chi connectivity index (χ3v) is 13.1. The molecule has 2 heterocycles. The number of hydrogen-bond donors (Lipinski definition) is 1. The summed E-state index contributed by atoms with van der Waals surface area (Å²) in [5.74, 6) is -1.68. The Hall–Kier alpha value is -2.45. The zero-order valence-electron chi connectivity index (χ0n) is 22.9. The van der Waals surface area contributed by atoms with Gasteiger partial charge in [-0.2, -0.15) is 0 Å². The van der Waals surface area contributed by atoms with Crippen LogP contribution >= 0.6 is 0 Å². The number of carboxylic acid groups (broad SMARTS) is 1. The van der Waals surface area contributed by atoms with Crippen molar-refractivity contribution in [3.8, 4) is 5.75 Å². The fraction of sp³-hybridized carbons (Fsp3) is 0.552. The second kappa shape index (κ2) is 10.0. The van der Waals surface area contributed by atoms with Gasteiger partial charge in [0.05, 0.1) is 5.92 Å². The summed E-state index contributed by atoms with van der Waals surface area (Å²) in [6, 6.07) is 9.72. The highest BCUT2D eigenvalue weighted by Crippen LogP contribution is 2.46. The van der Waals surface area contributed by atoms with E-state index in [0.29, 0.717) is 17.9 Å². The summed E-state index contributed by atoms with van der Waals surface area (Å²) in [4.78, 5) is 16.6. The number of rotatable bonds is 7. The SMILES string of the molecule is CN1CC2(CCN(CC(Cc3cc(O[Si](C)(C)C(C)(C)C)ccc3F)C(=O)O)CC2)c2cc(F)ccc21. The maximum atomic E-state index is 14.8. The Balaban J connectivity index is 1.44. The Morgan fingerprint density at radius 3 is 2.43 bits per heavy atom. The van der Waals surface area contributed by atoms with Crippen LogP contribution in [0.25, 0.3) is 0 Å². The summed E-state index contributed by atoms with van der Waals surface area (Å²) < 4.78 is 35.1. The largest absolute Gasteiger partial charge is 0.543 e. The average molecular weight is 531 g/mol. The van der Waals surface area contributed by atoms with Crippen LogP contribution in [-0.2, 0) is 16.6 Å². The van der Waals surface area contributed by atoms with Crippen LogP contribution in [0.3, 0.4) is 0 Å². The zero-order valence-corrected chi connectivity index (χ0v) is 23.9. The number of carbonyl (C=O) groups is 1. The number of hydrogen-bond acceptors (Lipinski definition) is 4. The van der Waals surface area contributed by atoms with Crippen LogP contribution in [-0.4, -0.2) is 57.5 Å². The molecule has 1 fully saturated rings. The Morgan fingerprint density at radius 2 is 1.81 bits per heavy atom. The van der Waals surface area contributed by atoms with E-state index in [2.05, 4.69) is 43.7 Å². The molecule has 1 atom stereocenters. The first-order valence-electron chi connectivity index (χ1n) is 13.1. The van der Waals surface area contributed by atoms with E-state index in [0.717, 1.165) is 43.7 Å². The normalized spacial score (nSPS) is 18.6. The van der Waals surface area contributed by atoms with Crippen molar-refractivity contribution >= 4 is 20.0 Å². The predicted molar refractivity (Wildman–Crippen MR) is 146 cm³/mol. The van der Waals surface area contributed by atoms with E-state index in [-0.39, 0.29) is 22.7 Å². The lowest BCUT2D eigenvalue weighted by Gasteiger charge is -2.40. The summed E-state index contributed by atoms with van der Waals surface area (Å²) in [5, 5.41) is 9.99. The molecule has 2 aliphatic heterocycles. The van der Waals surface area contributed by atoms with Crippen LogP contribution in [0.2, 0.25) is 18.1 Å². The van der Waals surface area contributed by atoms with Crippen molar-refractivity contribution in [1.29, 1.82) is 0 Å². The second-order valence-corrected chi connectivity index (χ2v) is 17.2. The summed E-state index contributed by atoms with van der Waals surface area (Å²) in [6.07, 6.45) is 1.78. The maximum absolute atomic E-state index is 14.8. The van der Waals surface area contributed by atoms with Crippen LogP contribution in [0.4, 0.5) is 14.5 Å². The minimum atomic E-state index is -2.11. The van der Waals surface area contributed by atoms with Crippen LogP contribution in [0.5, 0.6) is 5.75 Å². The van der Waals surface area contributed by atoms with Gasteiger partial charge < -0.3 is 19.3 Å². The zero-order chi connectivity index (χ0) is 27.2. The van der Waals surface area contributed by atoms with Gasteiger partial charge in [0.15, 0.2) is 0 Å². The van der Waals surface area contributed by atoms with E-state index in [1.165, 1.54) is 12.1 Å². The smallest absolute Gasteiger partial charge is 0.308 e. The Kier molecular flexibility index (Phi) is 7.47. The van der Waals surface area contributed by atoms with E-state index < -0.39 is 26.0 Å². The number of halogens is 2. The van der Waals surface area contributed by atoms with Crippen molar-refractivity contribution in [3.05, 3.63) is 59.2 Å². The molecule has 2 aromatic carbocycles. The topological polar surface area (TPSA) is 53.0 Å². The van der Waals surface area contributed by atoms with Crippen molar-refractivity contribution < 1.29 is 23.1 Å². The van der Waals surface area contributed by atoms with Gasteiger partial charge in [0.1, 0.15) is 17.4 Å². The molecular weight excluding hydrogens is 490 g/mol. The molecule has 2 aliphatic rings. The lowest BCUT2D eigenvalue weighted by Crippen LogP contribution is -2.47. The Labute approximate surface area is 220 Å². The van der Waals surface area contributed by atoms with Crippen molar-refractivity contribution in [2.45, 2.75) is 63.6 Å². The monoisotopic (exact) mass is 530 g/mol. The molecule has 37 heavy (non-hydrogen) atoms. The third kappa shape index (κ3) is 5.70. The first kappa shape index (κ1) is 27.6. The van der Waals surface area contributed by atoms with Gasteiger partial charge in [0.25, 0.3) is 0 Å². The van der Waals surface area contributed by atoms with E-state index in [9.17, 15) is 18.7 Å².